The van der Waals surface area contributed by atoms with Gasteiger partial charge in [0.2, 0.25) is 0 Å². The van der Waals surface area contributed by atoms with E-state index < -0.39 is 5.97 Å². The number of carbonyl (C=O) groups is 1. The Morgan fingerprint density at radius 1 is 1.45 bits per heavy atom. The third-order valence-corrected chi connectivity index (χ3v) is 1.37. The van der Waals surface area contributed by atoms with Gasteiger partial charge in [-0.3, -0.25) is 0 Å². The molecule has 0 amide bonds. The maximum atomic E-state index is 10.9. The van der Waals surface area contributed by atoms with Gasteiger partial charge in [-0.05, 0) is 6.07 Å². The van der Waals surface area contributed by atoms with Gasteiger partial charge in [-0.25, -0.2) is 4.79 Å². The van der Waals surface area contributed by atoms with E-state index in [1.54, 1.807) is 24.3 Å². The first-order valence-corrected chi connectivity index (χ1v) is 3.18. The van der Waals surface area contributed by atoms with E-state index in [0.29, 0.717) is 11.0 Å². The molecule has 54 valence electrons. The molecule has 0 heterocycles. The van der Waals surface area contributed by atoms with Gasteiger partial charge < -0.3 is 4.74 Å². The van der Waals surface area contributed by atoms with Crippen molar-refractivity contribution in [3.8, 4) is 0 Å². The van der Waals surface area contributed by atoms with E-state index in [2.05, 4.69) is 4.74 Å². The number of methoxy groups -OCH3 is 1. The highest BCUT2D eigenvalue weighted by Gasteiger charge is 2.05. The van der Waals surface area contributed by atoms with Crippen LogP contribution in [0.4, 0.5) is 0 Å². The highest BCUT2D eigenvalue weighted by Crippen LogP contribution is 1.95. The predicted molar refractivity (Wildman–Crippen MR) is 43.2 cm³/mol. The van der Waals surface area contributed by atoms with Crippen LogP contribution in [0.15, 0.2) is 24.3 Å². The Kier molecular flexibility index (Phi) is 2.31. The van der Waals surface area contributed by atoms with Crippen LogP contribution in [0.2, 0.25) is 0 Å². The summed E-state index contributed by atoms with van der Waals surface area (Å²) in [5, 5.41) is 0. The van der Waals surface area contributed by atoms with Crippen molar-refractivity contribution in [2.24, 2.45) is 0 Å². The normalized spacial score (nSPS) is 9.18. The SMILES string of the molecule is [B]c1ccccc1C(=O)OC. The molecule has 0 spiro atoms. The molecule has 0 aliphatic heterocycles. The number of rotatable bonds is 1. The Hall–Kier alpha value is -1.25. The molecule has 0 unspecified atom stereocenters. The number of carbonyl (C=O) groups excluding carboxylic acids is 1. The zero-order chi connectivity index (χ0) is 8.27. The molecule has 0 saturated carbocycles. The van der Waals surface area contributed by atoms with Crippen molar-refractivity contribution < 1.29 is 9.53 Å². The van der Waals surface area contributed by atoms with E-state index in [1.807, 2.05) is 0 Å². The fraction of sp³-hybridized carbons (Fsp3) is 0.125. The first-order chi connectivity index (χ1) is 5.25. The Bertz CT molecular complexity index is 271. The van der Waals surface area contributed by atoms with Crippen LogP contribution >= 0.6 is 0 Å². The summed E-state index contributed by atoms with van der Waals surface area (Å²) < 4.78 is 4.50. The average molecular weight is 146 g/mol. The van der Waals surface area contributed by atoms with Crippen molar-refractivity contribution in [1.82, 2.24) is 0 Å². The predicted octanol–water partition coefficient (Wildman–Crippen LogP) is 0.267. The second kappa shape index (κ2) is 3.24. The van der Waals surface area contributed by atoms with E-state index in [1.165, 1.54) is 7.11 Å². The first kappa shape index (κ1) is 7.86. The van der Waals surface area contributed by atoms with Crippen LogP contribution in [0.25, 0.3) is 0 Å². The summed E-state index contributed by atoms with van der Waals surface area (Å²) in [5.74, 6) is -0.400. The maximum absolute atomic E-state index is 10.9. The van der Waals surface area contributed by atoms with Gasteiger partial charge >= 0.3 is 5.97 Å². The molecule has 2 radical (unpaired) electrons. The lowest BCUT2D eigenvalue weighted by molar-refractivity contribution is 0.0602. The van der Waals surface area contributed by atoms with Crippen LogP contribution in [-0.4, -0.2) is 20.9 Å². The van der Waals surface area contributed by atoms with Crippen molar-refractivity contribution in [1.29, 1.82) is 0 Å². The Balaban J connectivity index is 3.03. The first-order valence-electron chi connectivity index (χ1n) is 3.18. The lowest BCUT2D eigenvalue weighted by Gasteiger charge is -2.01. The molecular formula is C8H7BO2. The van der Waals surface area contributed by atoms with E-state index in [9.17, 15) is 4.79 Å². The van der Waals surface area contributed by atoms with Gasteiger partial charge in [-0.15, -0.1) is 0 Å². The highest BCUT2D eigenvalue weighted by molar-refractivity contribution is 6.36. The Morgan fingerprint density at radius 2 is 2.09 bits per heavy atom. The van der Waals surface area contributed by atoms with Crippen molar-refractivity contribution in [3.63, 3.8) is 0 Å². The largest absolute Gasteiger partial charge is 0.465 e. The second-order valence-corrected chi connectivity index (χ2v) is 2.08. The lowest BCUT2D eigenvalue weighted by Crippen LogP contribution is -2.16. The van der Waals surface area contributed by atoms with Crippen molar-refractivity contribution in [2.75, 3.05) is 7.11 Å². The van der Waals surface area contributed by atoms with Crippen molar-refractivity contribution >= 4 is 19.3 Å². The van der Waals surface area contributed by atoms with Crippen LogP contribution in [0.3, 0.4) is 0 Å². The molecule has 0 saturated heterocycles. The summed E-state index contributed by atoms with van der Waals surface area (Å²) in [6.07, 6.45) is 0. The van der Waals surface area contributed by atoms with Gasteiger partial charge in [0.05, 0.1) is 12.7 Å². The Labute approximate surface area is 66.6 Å². The van der Waals surface area contributed by atoms with Gasteiger partial charge in [0, 0.05) is 0 Å². The summed E-state index contributed by atoms with van der Waals surface area (Å²) in [7, 11) is 6.82. The fourth-order valence-electron chi connectivity index (χ4n) is 0.793. The lowest BCUT2D eigenvalue weighted by atomic mass is 9.91. The molecule has 1 aromatic rings. The second-order valence-electron chi connectivity index (χ2n) is 2.08. The maximum Gasteiger partial charge on any atom is 0.337 e. The Morgan fingerprint density at radius 3 is 2.64 bits per heavy atom. The number of hydrogen-bond acceptors (Lipinski definition) is 2. The summed E-state index contributed by atoms with van der Waals surface area (Å²) in [4.78, 5) is 10.9. The van der Waals surface area contributed by atoms with Gasteiger partial charge in [-0.1, -0.05) is 23.7 Å². The molecule has 1 rings (SSSR count). The van der Waals surface area contributed by atoms with Crippen molar-refractivity contribution in [3.05, 3.63) is 29.8 Å². The zero-order valence-corrected chi connectivity index (χ0v) is 6.20. The van der Waals surface area contributed by atoms with Crippen LogP contribution in [0.1, 0.15) is 10.4 Å². The molecule has 1 aromatic carbocycles. The van der Waals surface area contributed by atoms with E-state index in [0.717, 1.165) is 0 Å². The molecule has 0 aliphatic rings. The average Bonchev–Trinajstić information content (AvgIpc) is 2.04. The van der Waals surface area contributed by atoms with Gasteiger partial charge in [0.1, 0.15) is 7.85 Å². The standard InChI is InChI=1S/C8H7BO2/c1-11-8(10)6-4-2-3-5-7(6)9/h2-5H,1H3. The summed E-state index contributed by atoms with van der Waals surface area (Å²) >= 11 is 0. The number of esters is 1. The molecule has 0 fully saturated rings. The third kappa shape index (κ3) is 1.61. The molecule has 2 nitrogen and oxygen atoms in total. The van der Waals surface area contributed by atoms with E-state index >= 15 is 0 Å². The molecule has 0 N–H and O–H groups in total. The van der Waals surface area contributed by atoms with E-state index in [4.69, 9.17) is 7.85 Å². The molecule has 0 bridgehead atoms. The minimum atomic E-state index is -0.400. The molecule has 11 heavy (non-hydrogen) atoms. The molecule has 0 aromatic heterocycles. The van der Waals surface area contributed by atoms with Gasteiger partial charge in [-0.2, -0.15) is 0 Å². The van der Waals surface area contributed by atoms with Gasteiger partial charge in [0.15, 0.2) is 0 Å². The molecule has 0 atom stereocenters. The topological polar surface area (TPSA) is 26.3 Å². The summed E-state index contributed by atoms with van der Waals surface area (Å²) in [6.45, 7) is 0. The van der Waals surface area contributed by atoms with Crippen LogP contribution < -0.4 is 5.46 Å². The summed E-state index contributed by atoms with van der Waals surface area (Å²) in [5.41, 5.74) is 0.856. The van der Waals surface area contributed by atoms with E-state index in [-0.39, 0.29) is 0 Å². The summed E-state index contributed by atoms with van der Waals surface area (Å²) in [6, 6.07) is 6.79. The van der Waals surface area contributed by atoms with Crippen LogP contribution in [0.5, 0.6) is 0 Å². The minimum absolute atomic E-state index is 0.400. The molecule has 3 heteroatoms. The highest BCUT2D eigenvalue weighted by atomic mass is 16.5. The fourth-order valence-corrected chi connectivity index (χ4v) is 0.793. The number of ether oxygens (including phenoxy) is 1. The minimum Gasteiger partial charge on any atom is -0.465 e. The number of hydrogen-bond donors (Lipinski definition) is 0. The zero-order valence-electron chi connectivity index (χ0n) is 6.20. The monoisotopic (exact) mass is 146 g/mol. The van der Waals surface area contributed by atoms with Crippen molar-refractivity contribution in [2.45, 2.75) is 0 Å². The van der Waals surface area contributed by atoms with Gasteiger partial charge in [0.25, 0.3) is 0 Å². The third-order valence-electron chi connectivity index (χ3n) is 1.37. The molecule has 0 aliphatic carbocycles. The van der Waals surface area contributed by atoms with Crippen LogP contribution in [-0.2, 0) is 4.74 Å². The van der Waals surface area contributed by atoms with Crippen LogP contribution in [0, 0.1) is 0 Å². The smallest absolute Gasteiger partial charge is 0.337 e. The number of benzene rings is 1. The quantitative estimate of drug-likeness (QED) is 0.419. The molecular weight excluding hydrogens is 139 g/mol.